The van der Waals surface area contributed by atoms with E-state index in [1.165, 1.54) is 23.6 Å². The Morgan fingerprint density at radius 3 is 2.47 bits per heavy atom. The van der Waals surface area contributed by atoms with Crippen molar-refractivity contribution in [3.63, 3.8) is 0 Å². The topological polar surface area (TPSA) is 66.3 Å². The molecular formula is C10H15N3O2. The molecular weight excluding hydrogens is 194 g/mol. The van der Waals surface area contributed by atoms with Crippen LogP contribution in [0.25, 0.3) is 0 Å². The molecule has 0 aromatic carbocycles. The van der Waals surface area contributed by atoms with E-state index in [0.717, 1.165) is 0 Å². The summed E-state index contributed by atoms with van der Waals surface area (Å²) in [4.78, 5) is 20.7. The second-order valence-corrected chi connectivity index (χ2v) is 4.10. The molecule has 0 unspecified atom stereocenters. The van der Waals surface area contributed by atoms with E-state index in [0.29, 0.717) is 5.56 Å². The normalized spacial score (nSPS) is 11.2. The smallest absolute Gasteiger partial charge is 0.256 e. The number of likely N-dealkylation sites (N-methyl/N-ethyl adjacent to an activating group) is 1. The van der Waals surface area contributed by atoms with Crippen LogP contribution in [0.5, 0.6) is 0 Å². The minimum Gasteiger partial charge on any atom is -0.389 e. The van der Waals surface area contributed by atoms with Crippen LogP contribution in [0.1, 0.15) is 24.2 Å². The largest absolute Gasteiger partial charge is 0.389 e. The highest BCUT2D eigenvalue weighted by molar-refractivity contribution is 5.93. The van der Waals surface area contributed by atoms with Crippen LogP contribution < -0.4 is 0 Å². The number of carbonyl (C=O) groups is 1. The van der Waals surface area contributed by atoms with Gasteiger partial charge in [0, 0.05) is 26.0 Å². The lowest BCUT2D eigenvalue weighted by Gasteiger charge is -2.25. The molecule has 1 rings (SSSR count). The molecule has 0 radical (unpaired) electrons. The molecule has 15 heavy (non-hydrogen) atoms. The van der Waals surface area contributed by atoms with Crippen molar-refractivity contribution in [3.05, 3.63) is 24.3 Å². The van der Waals surface area contributed by atoms with Gasteiger partial charge in [0.05, 0.1) is 11.2 Å². The van der Waals surface area contributed by atoms with Crippen molar-refractivity contribution < 1.29 is 9.90 Å². The van der Waals surface area contributed by atoms with Crippen LogP contribution in [0.15, 0.2) is 18.7 Å². The van der Waals surface area contributed by atoms with Crippen molar-refractivity contribution in [3.8, 4) is 0 Å². The van der Waals surface area contributed by atoms with Gasteiger partial charge in [0.15, 0.2) is 0 Å². The summed E-state index contributed by atoms with van der Waals surface area (Å²) >= 11 is 0. The highest BCUT2D eigenvalue weighted by Gasteiger charge is 2.20. The fourth-order valence-electron chi connectivity index (χ4n) is 1.28. The minimum absolute atomic E-state index is 0.197. The molecule has 1 heterocycles. The number of aliphatic hydroxyl groups is 1. The van der Waals surface area contributed by atoms with E-state index < -0.39 is 5.60 Å². The summed E-state index contributed by atoms with van der Waals surface area (Å²) < 4.78 is 0. The number of amides is 1. The molecule has 0 bridgehead atoms. The number of carbonyl (C=O) groups excluding carboxylic acids is 1. The van der Waals surface area contributed by atoms with Gasteiger partial charge in [-0.1, -0.05) is 0 Å². The maximum absolute atomic E-state index is 11.8. The lowest BCUT2D eigenvalue weighted by Crippen LogP contribution is -2.39. The lowest BCUT2D eigenvalue weighted by atomic mass is 10.1. The maximum Gasteiger partial charge on any atom is 0.256 e. The number of hydrogen-bond acceptors (Lipinski definition) is 4. The van der Waals surface area contributed by atoms with Crippen LogP contribution in [0.2, 0.25) is 0 Å². The van der Waals surface area contributed by atoms with Crippen molar-refractivity contribution in [2.45, 2.75) is 19.4 Å². The highest BCUT2D eigenvalue weighted by atomic mass is 16.3. The molecule has 0 atom stereocenters. The predicted molar refractivity (Wildman–Crippen MR) is 55.3 cm³/mol. The fourth-order valence-corrected chi connectivity index (χ4v) is 1.28. The summed E-state index contributed by atoms with van der Waals surface area (Å²) in [7, 11) is 1.63. The predicted octanol–water partition coefficient (Wildman–Crippen LogP) is 0.319. The molecule has 0 aliphatic carbocycles. The zero-order valence-electron chi connectivity index (χ0n) is 9.14. The first-order chi connectivity index (χ1) is 6.90. The van der Waals surface area contributed by atoms with Crippen molar-refractivity contribution >= 4 is 5.91 Å². The van der Waals surface area contributed by atoms with Gasteiger partial charge in [0.25, 0.3) is 5.91 Å². The van der Waals surface area contributed by atoms with Gasteiger partial charge in [0.1, 0.15) is 6.33 Å². The number of nitrogens with zero attached hydrogens (tertiary/aromatic N) is 3. The molecule has 0 aliphatic rings. The second-order valence-electron chi connectivity index (χ2n) is 4.10. The Balaban J connectivity index is 2.70. The van der Waals surface area contributed by atoms with Gasteiger partial charge < -0.3 is 10.0 Å². The van der Waals surface area contributed by atoms with Crippen molar-refractivity contribution in [1.82, 2.24) is 14.9 Å². The fraction of sp³-hybridized carbons (Fsp3) is 0.500. The van der Waals surface area contributed by atoms with Crippen LogP contribution >= 0.6 is 0 Å². The molecule has 5 nitrogen and oxygen atoms in total. The van der Waals surface area contributed by atoms with Crippen LogP contribution in [-0.4, -0.2) is 45.1 Å². The molecule has 0 saturated heterocycles. The average Bonchev–Trinajstić information content (AvgIpc) is 2.15. The van der Waals surface area contributed by atoms with Crippen molar-refractivity contribution in [2.75, 3.05) is 13.6 Å². The van der Waals surface area contributed by atoms with E-state index >= 15 is 0 Å². The van der Waals surface area contributed by atoms with Crippen LogP contribution in [-0.2, 0) is 0 Å². The van der Waals surface area contributed by atoms with Gasteiger partial charge in [-0.2, -0.15) is 0 Å². The number of aromatic nitrogens is 2. The molecule has 0 spiro atoms. The zero-order valence-corrected chi connectivity index (χ0v) is 9.14. The Morgan fingerprint density at radius 2 is 2.00 bits per heavy atom. The highest BCUT2D eigenvalue weighted by Crippen LogP contribution is 2.06. The number of rotatable bonds is 3. The van der Waals surface area contributed by atoms with Crippen LogP contribution in [0, 0.1) is 0 Å². The summed E-state index contributed by atoms with van der Waals surface area (Å²) in [5.74, 6) is -0.197. The Labute approximate surface area is 88.8 Å². The van der Waals surface area contributed by atoms with Crippen molar-refractivity contribution in [2.24, 2.45) is 0 Å². The average molecular weight is 209 g/mol. The first-order valence-corrected chi connectivity index (χ1v) is 4.63. The molecule has 1 amide bonds. The van der Waals surface area contributed by atoms with E-state index in [1.807, 2.05) is 0 Å². The van der Waals surface area contributed by atoms with Gasteiger partial charge in [-0.25, -0.2) is 9.97 Å². The summed E-state index contributed by atoms with van der Waals surface area (Å²) in [6.45, 7) is 3.57. The summed E-state index contributed by atoms with van der Waals surface area (Å²) in [6, 6.07) is 0. The number of hydrogen-bond donors (Lipinski definition) is 1. The molecule has 82 valence electrons. The minimum atomic E-state index is -0.903. The Morgan fingerprint density at radius 1 is 1.47 bits per heavy atom. The quantitative estimate of drug-likeness (QED) is 0.778. The van der Waals surface area contributed by atoms with Gasteiger partial charge >= 0.3 is 0 Å². The maximum atomic E-state index is 11.8. The Kier molecular flexibility index (Phi) is 3.36. The summed E-state index contributed by atoms with van der Waals surface area (Å²) in [5.41, 5.74) is -0.482. The Bertz CT molecular complexity index is 332. The van der Waals surface area contributed by atoms with E-state index in [4.69, 9.17) is 0 Å². The summed E-state index contributed by atoms with van der Waals surface area (Å²) in [5, 5.41) is 9.56. The zero-order chi connectivity index (χ0) is 11.5. The molecule has 1 aromatic rings. The molecule has 0 saturated carbocycles. The third-order valence-corrected chi connectivity index (χ3v) is 1.78. The van der Waals surface area contributed by atoms with E-state index in [9.17, 15) is 9.90 Å². The molecule has 5 heteroatoms. The van der Waals surface area contributed by atoms with Gasteiger partial charge in [-0.15, -0.1) is 0 Å². The molecule has 1 aromatic heterocycles. The molecule has 0 fully saturated rings. The van der Waals surface area contributed by atoms with Crippen LogP contribution in [0.3, 0.4) is 0 Å². The SMILES string of the molecule is CN(CC(C)(C)O)C(=O)c1cncnc1. The van der Waals surface area contributed by atoms with Crippen LogP contribution in [0.4, 0.5) is 0 Å². The first kappa shape index (κ1) is 11.6. The second kappa shape index (κ2) is 4.35. The van der Waals surface area contributed by atoms with Gasteiger partial charge in [0.2, 0.25) is 0 Å². The monoisotopic (exact) mass is 209 g/mol. The first-order valence-electron chi connectivity index (χ1n) is 4.63. The standard InChI is InChI=1S/C10H15N3O2/c1-10(2,15)6-13(3)9(14)8-4-11-7-12-5-8/h4-5,7,15H,6H2,1-3H3. The van der Waals surface area contributed by atoms with E-state index in [-0.39, 0.29) is 12.5 Å². The van der Waals surface area contributed by atoms with E-state index in [1.54, 1.807) is 20.9 Å². The molecule has 1 N–H and O–H groups in total. The van der Waals surface area contributed by atoms with Gasteiger partial charge in [-0.05, 0) is 13.8 Å². The summed E-state index contributed by atoms with van der Waals surface area (Å²) in [6.07, 6.45) is 4.28. The third kappa shape index (κ3) is 3.63. The lowest BCUT2D eigenvalue weighted by molar-refractivity contribution is 0.0367. The van der Waals surface area contributed by atoms with E-state index in [2.05, 4.69) is 9.97 Å². The Hall–Kier alpha value is -1.49. The third-order valence-electron chi connectivity index (χ3n) is 1.78. The molecule has 0 aliphatic heterocycles. The van der Waals surface area contributed by atoms with Gasteiger partial charge in [-0.3, -0.25) is 4.79 Å². The van der Waals surface area contributed by atoms with Crippen molar-refractivity contribution in [1.29, 1.82) is 0 Å².